The number of tetrazole rings is 1. The molecule has 3 N–H and O–H groups in total. The third-order valence-corrected chi connectivity index (χ3v) is 1.68. The summed E-state index contributed by atoms with van der Waals surface area (Å²) in [5.74, 6) is 0.591. The van der Waals surface area contributed by atoms with E-state index in [2.05, 4.69) is 25.6 Å². The van der Waals surface area contributed by atoms with E-state index < -0.39 is 0 Å². The molecule has 6 nitrogen and oxygen atoms in total. The molecule has 0 atom stereocenters. The van der Waals surface area contributed by atoms with Crippen molar-refractivity contribution in [1.29, 1.82) is 0 Å². The van der Waals surface area contributed by atoms with Crippen molar-refractivity contribution >= 4 is 0 Å². The summed E-state index contributed by atoms with van der Waals surface area (Å²) in [5.41, 5.74) is 7.13. The first kappa shape index (κ1) is 7.81. The number of rotatable bonds is 2. The van der Waals surface area contributed by atoms with Crippen molar-refractivity contribution in [2.24, 2.45) is 5.73 Å². The fraction of sp³-hybridized carbons (Fsp3) is 0.143. The lowest BCUT2D eigenvalue weighted by Gasteiger charge is -2.00. The Morgan fingerprint density at radius 3 is 3.08 bits per heavy atom. The van der Waals surface area contributed by atoms with Gasteiger partial charge in [0, 0.05) is 18.3 Å². The van der Waals surface area contributed by atoms with Crippen molar-refractivity contribution in [1.82, 2.24) is 25.6 Å². The van der Waals surface area contributed by atoms with Crippen LogP contribution in [0.1, 0.15) is 5.69 Å². The van der Waals surface area contributed by atoms with Crippen LogP contribution in [-0.4, -0.2) is 25.6 Å². The summed E-state index contributed by atoms with van der Waals surface area (Å²) < 4.78 is 0. The van der Waals surface area contributed by atoms with E-state index in [1.807, 2.05) is 12.1 Å². The molecule has 2 aromatic heterocycles. The van der Waals surface area contributed by atoms with Crippen LogP contribution >= 0.6 is 0 Å². The van der Waals surface area contributed by atoms with Gasteiger partial charge in [-0.15, -0.1) is 5.10 Å². The van der Waals surface area contributed by atoms with E-state index >= 15 is 0 Å². The normalized spacial score (nSPS) is 10.2. The fourth-order valence-corrected chi connectivity index (χ4v) is 1.09. The molecule has 0 aliphatic carbocycles. The lowest BCUT2D eigenvalue weighted by atomic mass is 10.2. The minimum Gasteiger partial charge on any atom is -0.325 e. The Bertz CT molecular complexity index is 382. The summed E-state index contributed by atoms with van der Waals surface area (Å²) in [6, 6.07) is 3.69. The number of nitrogens with two attached hydrogens (primary N) is 1. The number of aromatic nitrogens is 5. The number of aromatic amines is 1. The van der Waals surface area contributed by atoms with Crippen molar-refractivity contribution in [3.05, 3.63) is 24.0 Å². The zero-order valence-corrected chi connectivity index (χ0v) is 6.81. The summed E-state index contributed by atoms with van der Waals surface area (Å²) in [4.78, 5) is 4.11. The number of H-pyrrole nitrogens is 1. The van der Waals surface area contributed by atoms with Gasteiger partial charge in [0.05, 0.1) is 5.69 Å². The maximum Gasteiger partial charge on any atom is 0.181 e. The van der Waals surface area contributed by atoms with E-state index in [1.165, 1.54) is 0 Å². The Balaban J connectivity index is 2.51. The first-order chi connectivity index (χ1) is 6.42. The standard InChI is InChI=1S/C7H8N6/c8-4-6-5(2-1-3-9-6)7-10-12-13-11-7/h1-3H,4,8H2,(H,10,11,12,13). The predicted molar refractivity (Wildman–Crippen MR) is 45.3 cm³/mol. The topological polar surface area (TPSA) is 93.4 Å². The monoisotopic (exact) mass is 176 g/mol. The molecule has 0 radical (unpaired) electrons. The van der Waals surface area contributed by atoms with Crippen LogP contribution < -0.4 is 5.73 Å². The number of nitrogens with zero attached hydrogens (tertiary/aromatic N) is 4. The number of hydrogen-bond acceptors (Lipinski definition) is 5. The third kappa shape index (κ3) is 1.38. The van der Waals surface area contributed by atoms with Gasteiger partial charge in [0.15, 0.2) is 5.82 Å². The Kier molecular flexibility index (Phi) is 1.97. The molecule has 0 spiro atoms. The van der Waals surface area contributed by atoms with Gasteiger partial charge in [-0.2, -0.15) is 0 Å². The molecule has 2 heterocycles. The summed E-state index contributed by atoms with van der Waals surface area (Å²) in [6.45, 7) is 0.372. The third-order valence-electron chi connectivity index (χ3n) is 1.68. The molecule has 13 heavy (non-hydrogen) atoms. The molecule has 2 rings (SSSR count). The summed E-state index contributed by atoms with van der Waals surface area (Å²) in [6.07, 6.45) is 1.69. The molecule has 0 amide bonds. The van der Waals surface area contributed by atoms with Crippen LogP contribution in [-0.2, 0) is 6.54 Å². The lowest BCUT2D eigenvalue weighted by Crippen LogP contribution is -2.02. The van der Waals surface area contributed by atoms with Gasteiger partial charge in [-0.25, -0.2) is 5.10 Å². The Morgan fingerprint density at radius 1 is 1.46 bits per heavy atom. The van der Waals surface area contributed by atoms with Crippen LogP contribution in [0.4, 0.5) is 0 Å². The number of pyridine rings is 1. The molecule has 0 aliphatic rings. The van der Waals surface area contributed by atoms with Crippen LogP contribution in [0.2, 0.25) is 0 Å². The highest BCUT2D eigenvalue weighted by Gasteiger charge is 2.06. The quantitative estimate of drug-likeness (QED) is 0.656. The van der Waals surface area contributed by atoms with Gasteiger partial charge in [0.1, 0.15) is 0 Å². The molecular weight excluding hydrogens is 168 g/mol. The maximum absolute atomic E-state index is 5.51. The largest absolute Gasteiger partial charge is 0.325 e. The summed E-state index contributed by atoms with van der Waals surface area (Å²) >= 11 is 0. The van der Waals surface area contributed by atoms with E-state index in [9.17, 15) is 0 Å². The van der Waals surface area contributed by atoms with Gasteiger partial charge in [0.25, 0.3) is 0 Å². The first-order valence-corrected chi connectivity index (χ1v) is 3.80. The highest BCUT2D eigenvalue weighted by Crippen LogP contribution is 2.15. The zero-order valence-electron chi connectivity index (χ0n) is 6.81. The van der Waals surface area contributed by atoms with E-state index in [4.69, 9.17) is 5.73 Å². The Morgan fingerprint density at radius 2 is 2.38 bits per heavy atom. The Hall–Kier alpha value is -1.82. The van der Waals surface area contributed by atoms with Gasteiger partial charge in [-0.3, -0.25) is 4.98 Å². The van der Waals surface area contributed by atoms with Gasteiger partial charge in [-0.05, 0) is 22.6 Å². The Labute approximate surface area is 74.2 Å². The second kappa shape index (κ2) is 3.28. The van der Waals surface area contributed by atoms with Gasteiger partial charge >= 0.3 is 0 Å². The average molecular weight is 176 g/mol. The molecule has 66 valence electrons. The van der Waals surface area contributed by atoms with Gasteiger partial charge in [-0.1, -0.05) is 0 Å². The molecule has 0 saturated heterocycles. The maximum atomic E-state index is 5.51. The lowest BCUT2D eigenvalue weighted by molar-refractivity contribution is 0.881. The molecule has 0 aromatic carbocycles. The van der Waals surface area contributed by atoms with Crippen LogP contribution in [0.25, 0.3) is 11.4 Å². The van der Waals surface area contributed by atoms with Crippen LogP contribution in [0.3, 0.4) is 0 Å². The predicted octanol–water partition coefficient (Wildman–Crippen LogP) is -0.280. The second-order valence-electron chi connectivity index (χ2n) is 2.45. The second-order valence-corrected chi connectivity index (χ2v) is 2.45. The summed E-state index contributed by atoms with van der Waals surface area (Å²) in [5, 5.41) is 13.4. The highest BCUT2D eigenvalue weighted by atomic mass is 15.5. The van der Waals surface area contributed by atoms with E-state index in [1.54, 1.807) is 6.20 Å². The molecule has 0 fully saturated rings. The highest BCUT2D eigenvalue weighted by molar-refractivity contribution is 5.56. The van der Waals surface area contributed by atoms with E-state index in [0.29, 0.717) is 12.4 Å². The number of hydrogen-bond donors (Lipinski definition) is 2. The van der Waals surface area contributed by atoms with Gasteiger partial charge in [0.2, 0.25) is 0 Å². The molecule has 0 bridgehead atoms. The molecule has 0 aliphatic heterocycles. The summed E-state index contributed by atoms with van der Waals surface area (Å²) in [7, 11) is 0. The smallest absolute Gasteiger partial charge is 0.181 e. The van der Waals surface area contributed by atoms with Crippen molar-refractivity contribution < 1.29 is 0 Å². The molecular formula is C7H8N6. The van der Waals surface area contributed by atoms with E-state index in [0.717, 1.165) is 11.3 Å². The van der Waals surface area contributed by atoms with Gasteiger partial charge < -0.3 is 5.73 Å². The van der Waals surface area contributed by atoms with Crippen molar-refractivity contribution in [3.63, 3.8) is 0 Å². The first-order valence-electron chi connectivity index (χ1n) is 3.80. The average Bonchev–Trinajstić information content (AvgIpc) is 2.70. The fourth-order valence-electron chi connectivity index (χ4n) is 1.09. The van der Waals surface area contributed by atoms with E-state index in [-0.39, 0.29) is 0 Å². The van der Waals surface area contributed by atoms with Crippen LogP contribution in [0.5, 0.6) is 0 Å². The zero-order chi connectivity index (χ0) is 9.10. The van der Waals surface area contributed by atoms with Crippen molar-refractivity contribution in [2.75, 3.05) is 0 Å². The number of nitrogens with one attached hydrogen (secondary N) is 1. The minimum absolute atomic E-state index is 0.372. The molecule has 0 saturated carbocycles. The minimum atomic E-state index is 0.372. The molecule has 0 unspecified atom stereocenters. The molecule has 6 heteroatoms. The van der Waals surface area contributed by atoms with Crippen molar-refractivity contribution in [2.45, 2.75) is 6.54 Å². The van der Waals surface area contributed by atoms with Crippen molar-refractivity contribution in [3.8, 4) is 11.4 Å². The molecule has 2 aromatic rings. The van der Waals surface area contributed by atoms with Crippen LogP contribution in [0, 0.1) is 0 Å². The SMILES string of the molecule is NCc1ncccc1-c1nnn[nH]1. The van der Waals surface area contributed by atoms with Crippen LogP contribution in [0.15, 0.2) is 18.3 Å².